The summed E-state index contributed by atoms with van der Waals surface area (Å²) in [6.07, 6.45) is 3.28. The third kappa shape index (κ3) is 3.50. The molecule has 0 spiro atoms. The third-order valence-electron chi connectivity index (χ3n) is 3.12. The number of hydrogen-bond donors (Lipinski definition) is 1. The summed E-state index contributed by atoms with van der Waals surface area (Å²) in [6.45, 7) is 3.00. The second kappa shape index (κ2) is 6.25. The summed E-state index contributed by atoms with van der Waals surface area (Å²) in [7, 11) is 0. The van der Waals surface area contributed by atoms with Gasteiger partial charge in [-0.05, 0) is 43.9 Å². The molecule has 0 radical (unpaired) electrons. The molecule has 0 aromatic heterocycles. The molecule has 98 valence electrons. The van der Waals surface area contributed by atoms with E-state index in [0.717, 1.165) is 36.3 Å². The van der Waals surface area contributed by atoms with Crippen LogP contribution in [0.15, 0.2) is 23.1 Å². The van der Waals surface area contributed by atoms with Crippen LogP contribution in [0.1, 0.15) is 35.2 Å². The van der Waals surface area contributed by atoms with Gasteiger partial charge in [-0.15, -0.1) is 12.6 Å². The van der Waals surface area contributed by atoms with Crippen LogP contribution in [0, 0.1) is 6.92 Å². The van der Waals surface area contributed by atoms with Gasteiger partial charge < -0.3 is 9.47 Å². The molecule has 1 aliphatic rings. The Morgan fingerprint density at radius 1 is 1.50 bits per heavy atom. The standard InChI is InChI=1S/C14H18O3S/c1-10-5-6-12(18)8-13(10)14(15)17-9-11-4-2-3-7-16-11/h5-6,8,11,18H,2-4,7,9H2,1H3. The molecule has 2 rings (SSSR count). The lowest BCUT2D eigenvalue weighted by atomic mass is 10.1. The maximum atomic E-state index is 11.9. The third-order valence-corrected chi connectivity index (χ3v) is 3.39. The number of ether oxygens (including phenoxy) is 2. The van der Waals surface area contributed by atoms with E-state index < -0.39 is 0 Å². The highest BCUT2D eigenvalue weighted by Gasteiger charge is 2.17. The SMILES string of the molecule is Cc1ccc(S)cc1C(=O)OCC1CCCCO1. The van der Waals surface area contributed by atoms with Crippen molar-refractivity contribution >= 4 is 18.6 Å². The van der Waals surface area contributed by atoms with Crippen molar-refractivity contribution in [2.45, 2.75) is 37.2 Å². The summed E-state index contributed by atoms with van der Waals surface area (Å²) in [6, 6.07) is 5.47. The quantitative estimate of drug-likeness (QED) is 0.675. The lowest BCUT2D eigenvalue weighted by molar-refractivity contribution is -0.0300. The first kappa shape index (κ1) is 13.4. The lowest BCUT2D eigenvalue weighted by Crippen LogP contribution is -2.26. The molecule has 1 atom stereocenters. The van der Waals surface area contributed by atoms with Crippen LogP contribution >= 0.6 is 12.6 Å². The first-order chi connectivity index (χ1) is 8.66. The summed E-state index contributed by atoms with van der Waals surface area (Å²) in [5, 5.41) is 0. The van der Waals surface area contributed by atoms with Crippen molar-refractivity contribution in [2.75, 3.05) is 13.2 Å². The van der Waals surface area contributed by atoms with Gasteiger partial charge in [-0.3, -0.25) is 0 Å². The van der Waals surface area contributed by atoms with Gasteiger partial charge in [0.1, 0.15) is 6.61 Å². The Balaban J connectivity index is 1.92. The van der Waals surface area contributed by atoms with E-state index in [-0.39, 0.29) is 12.1 Å². The molecule has 1 saturated heterocycles. The van der Waals surface area contributed by atoms with Crippen LogP contribution in [0.4, 0.5) is 0 Å². The van der Waals surface area contributed by atoms with E-state index in [2.05, 4.69) is 12.6 Å². The number of hydrogen-bond acceptors (Lipinski definition) is 4. The van der Waals surface area contributed by atoms with Crippen LogP contribution in [0.2, 0.25) is 0 Å². The minimum atomic E-state index is -0.294. The molecule has 3 nitrogen and oxygen atoms in total. The Morgan fingerprint density at radius 2 is 2.33 bits per heavy atom. The van der Waals surface area contributed by atoms with Gasteiger partial charge in [-0.2, -0.15) is 0 Å². The van der Waals surface area contributed by atoms with Gasteiger partial charge in [0.15, 0.2) is 0 Å². The van der Waals surface area contributed by atoms with E-state index in [1.807, 2.05) is 19.1 Å². The highest BCUT2D eigenvalue weighted by atomic mass is 32.1. The number of rotatable bonds is 3. The number of carbonyl (C=O) groups excluding carboxylic acids is 1. The van der Waals surface area contributed by atoms with Gasteiger partial charge in [0.2, 0.25) is 0 Å². The van der Waals surface area contributed by atoms with Gasteiger partial charge in [-0.25, -0.2) is 4.79 Å². The molecule has 1 aromatic rings. The van der Waals surface area contributed by atoms with E-state index in [9.17, 15) is 4.79 Å². The molecule has 1 aromatic carbocycles. The summed E-state index contributed by atoms with van der Waals surface area (Å²) in [5.41, 5.74) is 1.49. The second-order valence-corrected chi connectivity index (χ2v) is 5.10. The average molecular weight is 266 g/mol. The summed E-state index contributed by atoms with van der Waals surface area (Å²) < 4.78 is 10.8. The largest absolute Gasteiger partial charge is 0.459 e. The van der Waals surface area contributed by atoms with Gasteiger partial charge in [-0.1, -0.05) is 6.07 Å². The van der Waals surface area contributed by atoms with Crippen molar-refractivity contribution in [1.82, 2.24) is 0 Å². The van der Waals surface area contributed by atoms with Gasteiger partial charge >= 0.3 is 5.97 Å². The Hall–Kier alpha value is -1.00. The molecule has 0 amide bonds. The first-order valence-corrected chi connectivity index (χ1v) is 6.70. The maximum absolute atomic E-state index is 11.9. The number of carbonyl (C=O) groups is 1. The van der Waals surface area contributed by atoms with E-state index in [4.69, 9.17) is 9.47 Å². The van der Waals surface area contributed by atoms with Crippen molar-refractivity contribution in [3.05, 3.63) is 29.3 Å². The second-order valence-electron chi connectivity index (χ2n) is 4.59. The number of aryl methyl sites for hydroxylation is 1. The molecule has 1 fully saturated rings. The molecule has 0 bridgehead atoms. The fourth-order valence-corrected chi connectivity index (χ4v) is 2.22. The fourth-order valence-electron chi connectivity index (χ4n) is 2.02. The summed E-state index contributed by atoms with van der Waals surface area (Å²) in [4.78, 5) is 12.7. The molecule has 0 aliphatic carbocycles. The number of thiol groups is 1. The van der Waals surface area contributed by atoms with Crippen molar-refractivity contribution in [3.8, 4) is 0 Å². The fraction of sp³-hybridized carbons (Fsp3) is 0.500. The average Bonchev–Trinajstić information content (AvgIpc) is 2.40. The topological polar surface area (TPSA) is 35.5 Å². The Morgan fingerprint density at radius 3 is 3.06 bits per heavy atom. The zero-order chi connectivity index (χ0) is 13.0. The zero-order valence-corrected chi connectivity index (χ0v) is 11.4. The van der Waals surface area contributed by atoms with E-state index in [0.29, 0.717) is 12.2 Å². The Bertz CT molecular complexity index is 425. The van der Waals surface area contributed by atoms with Crippen LogP contribution < -0.4 is 0 Å². The lowest BCUT2D eigenvalue weighted by Gasteiger charge is -2.22. The monoisotopic (exact) mass is 266 g/mol. The van der Waals surface area contributed by atoms with Crippen LogP contribution in [-0.2, 0) is 9.47 Å². The predicted molar refractivity (Wildman–Crippen MR) is 72.3 cm³/mol. The zero-order valence-electron chi connectivity index (χ0n) is 10.5. The Kier molecular flexibility index (Phi) is 4.66. The molecule has 1 aliphatic heterocycles. The minimum absolute atomic E-state index is 0.0576. The van der Waals surface area contributed by atoms with E-state index in [1.165, 1.54) is 0 Å². The Labute approximate surface area is 113 Å². The van der Waals surface area contributed by atoms with Crippen LogP contribution in [0.25, 0.3) is 0 Å². The molecular weight excluding hydrogens is 248 g/mol. The van der Waals surface area contributed by atoms with Gasteiger partial charge in [0, 0.05) is 11.5 Å². The van der Waals surface area contributed by atoms with Crippen molar-refractivity contribution in [1.29, 1.82) is 0 Å². The highest BCUT2D eigenvalue weighted by molar-refractivity contribution is 7.80. The number of esters is 1. The highest BCUT2D eigenvalue weighted by Crippen LogP contribution is 2.17. The van der Waals surface area contributed by atoms with Crippen molar-refractivity contribution < 1.29 is 14.3 Å². The predicted octanol–water partition coefficient (Wildman–Crippen LogP) is 3.01. The molecule has 18 heavy (non-hydrogen) atoms. The molecule has 1 unspecified atom stereocenters. The van der Waals surface area contributed by atoms with Crippen molar-refractivity contribution in [3.63, 3.8) is 0 Å². The van der Waals surface area contributed by atoms with Crippen LogP contribution in [0.5, 0.6) is 0 Å². The van der Waals surface area contributed by atoms with Gasteiger partial charge in [0.25, 0.3) is 0 Å². The van der Waals surface area contributed by atoms with Gasteiger partial charge in [0.05, 0.1) is 11.7 Å². The summed E-state index contributed by atoms with van der Waals surface area (Å²) in [5.74, 6) is -0.294. The molecule has 0 saturated carbocycles. The van der Waals surface area contributed by atoms with E-state index in [1.54, 1.807) is 6.07 Å². The summed E-state index contributed by atoms with van der Waals surface area (Å²) >= 11 is 4.23. The van der Waals surface area contributed by atoms with Crippen LogP contribution in [-0.4, -0.2) is 25.3 Å². The van der Waals surface area contributed by atoms with E-state index >= 15 is 0 Å². The molecular formula is C14H18O3S. The molecule has 0 N–H and O–H groups in total. The maximum Gasteiger partial charge on any atom is 0.338 e. The van der Waals surface area contributed by atoms with Crippen molar-refractivity contribution in [2.24, 2.45) is 0 Å². The normalized spacial score (nSPS) is 19.6. The first-order valence-electron chi connectivity index (χ1n) is 6.25. The van der Waals surface area contributed by atoms with Crippen LogP contribution in [0.3, 0.4) is 0 Å². The minimum Gasteiger partial charge on any atom is -0.459 e. The molecule has 1 heterocycles. The smallest absolute Gasteiger partial charge is 0.338 e. The molecule has 4 heteroatoms. The number of benzene rings is 1.